The Kier molecular flexibility index (Phi) is 6.77. The second-order valence-corrected chi connectivity index (χ2v) is 8.57. The molecule has 5 nitrogen and oxygen atoms in total. The summed E-state index contributed by atoms with van der Waals surface area (Å²) in [4.78, 5) is 12.6. The number of sulfonamides is 1. The lowest BCUT2D eigenvalue weighted by molar-refractivity contribution is -0.123. The molecule has 1 amide bonds. The van der Waals surface area contributed by atoms with E-state index in [1.165, 1.54) is 31.2 Å². The van der Waals surface area contributed by atoms with E-state index in [2.05, 4.69) is 5.32 Å². The summed E-state index contributed by atoms with van der Waals surface area (Å²) in [6.45, 7) is 9.41. The quantitative estimate of drug-likeness (QED) is 0.815. The first-order valence-corrected chi connectivity index (χ1v) is 9.86. The molecule has 0 bridgehead atoms. The lowest BCUT2D eigenvalue weighted by atomic mass is 9.93. The molecule has 7 heteroatoms. The van der Waals surface area contributed by atoms with E-state index in [0.29, 0.717) is 0 Å². The number of amides is 1. The molecule has 1 rings (SSSR count). The average molecular weight is 358 g/mol. The molecule has 0 spiro atoms. The van der Waals surface area contributed by atoms with Crippen molar-refractivity contribution in [1.29, 1.82) is 0 Å². The van der Waals surface area contributed by atoms with E-state index in [1.807, 2.05) is 27.7 Å². The van der Waals surface area contributed by atoms with Crippen LogP contribution < -0.4 is 9.62 Å². The monoisotopic (exact) mass is 358 g/mol. The Labute approximate surface area is 144 Å². The van der Waals surface area contributed by atoms with Crippen molar-refractivity contribution in [3.63, 3.8) is 0 Å². The van der Waals surface area contributed by atoms with Crippen LogP contribution in [0.2, 0.25) is 0 Å². The minimum absolute atomic E-state index is 0.0954. The number of hydrogen-bond donors (Lipinski definition) is 1. The molecule has 136 valence electrons. The maximum atomic E-state index is 14.1. The van der Waals surface area contributed by atoms with Crippen LogP contribution in [0.3, 0.4) is 0 Å². The molecule has 0 fully saturated rings. The lowest BCUT2D eigenvalue weighted by Crippen LogP contribution is -2.52. The van der Waals surface area contributed by atoms with Crippen LogP contribution in [0.5, 0.6) is 0 Å². The van der Waals surface area contributed by atoms with E-state index in [1.54, 1.807) is 0 Å². The SMILES string of the molecule is CC(C)C(NC(=O)[C@H](C)N(c1ccccc1F)S(C)(=O)=O)C(C)C. The summed E-state index contributed by atoms with van der Waals surface area (Å²) in [6, 6.07) is 4.37. The minimum Gasteiger partial charge on any atom is -0.351 e. The minimum atomic E-state index is -3.83. The van der Waals surface area contributed by atoms with Gasteiger partial charge in [-0.05, 0) is 30.9 Å². The van der Waals surface area contributed by atoms with Crippen molar-refractivity contribution in [2.24, 2.45) is 11.8 Å². The van der Waals surface area contributed by atoms with E-state index in [9.17, 15) is 17.6 Å². The third-order valence-corrected chi connectivity index (χ3v) is 5.15. The van der Waals surface area contributed by atoms with Gasteiger partial charge >= 0.3 is 0 Å². The summed E-state index contributed by atoms with van der Waals surface area (Å²) < 4.78 is 39.2. The molecular formula is C17H27FN2O3S. The van der Waals surface area contributed by atoms with Crippen LogP contribution in [0.1, 0.15) is 34.6 Å². The number of halogens is 1. The van der Waals surface area contributed by atoms with Crippen LogP contribution in [-0.4, -0.2) is 32.7 Å². The lowest BCUT2D eigenvalue weighted by Gasteiger charge is -2.32. The molecule has 0 unspecified atom stereocenters. The number of nitrogens with one attached hydrogen (secondary N) is 1. The van der Waals surface area contributed by atoms with Gasteiger partial charge in [0, 0.05) is 6.04 Å². The summed E-state index contributed by atoms with van der Waals surface area (Å²) in [5.74, 6) is -0.745. The van der Waals surface area contributed by atoms with Crippen molar-refractivity contribution < 1.29 is 17.6 Å². The van der Waals surface area contributed by atoms with Crippen molar-refractivity contribution in [3.05, 3.63) is 30.1 Å². The number of carbonyl (C=O) groups is 1. The Morgan fingerprint density at radius 3 is 2.00 bits per heavy atom. The van der Waals surface area contributed by atoms with Gasteiger partial charge in [-0.1, -0.05) is 39.8 Å². The van der Waals surface area contributed by atoms with Crippen molar-refractivity contribution >= 4 is 21.6 Å². The maximum absolute atomic E-state index is 14.1. The smallest absolute Gasteiger partial charge is 0.243 e. The zero-order chi connectivity index (χ0) is 18.7. The number of anilines is 1. The summed E-state index contributed by atoms with van der Waals surface area (Å²) >= 11 is 0. The number of rotatable bonds is 7. The zero-order valence-electron chi connectivity index (χ0n) is 15.1. The molecule has 0 aliphatic heterocycles. The van der Waals surface area contributed by atoms with Gasteiger partial charge in [0.25, 0.3) is 0 Å². The van der Waals surface area contributed by atoms with Gasteiger partial charge in [-0.15, -0.1) is 0 Å². The molecule has 24 heavy (non-hydrogen) atoms. The Bertz CT molecular complexity index is 666. The Morgan fingerprint density at radius 1 is 1.08 bits per heavy atom. The van der Waals surface area contributed by atoms with E-state index in [0.717, 1.165) is 10.6 Å². The predicted octanol–water partition coefficient (Wildman–Crippen LogP) is 2.78. The zero-order valence-corrected chi connectivity index (χ0v) is 15.9. The highest BCUT2D eigenvalue weighted by Gasteiger charge is 2.32. The Hall–Kier alpha value is -1.63. The standard InChI is InChI=1S/C17H27FN2O3S/c1-11(2)16(12(3)4)19-17(21)13(5)20(24(6,22)23)15-10-8-7-9-14(15)18/h7-13,16H,1-6H3,(H,19,21)/t13-/m0/s1. The van der Waals surface area contributed by atoms with Gasteiger partial charge in [-0.3, -0.25) is 9.10 Å². The van der Waals surface area contributed by atoms with Crippen LogP contribution in [0.15, 0.2) is 24.3 Å². The number of para-hydroxylation sites is 1. The first-order chi connectivity index (χ1) is 11.0. The maximum Gasteiger partial charge on any atom is 0.243 e. The van der Waals surface area contributed by atoms with Crippen LogP contribution in [0.4, 0.5) is 10.1 Å². The van der Waals surface area contributed by atoms with Crippen molar-refractivity contribution in [2.45, 2.75) is 46.7 Å². The molecule has 0 saturated heterocycles. The Morgan fingerprint density at radius 2 is 1.58 bits per heavy atom. The highest BCUT2D eigenvalue weighted by atomic mass is 32.2. The van der Waals surface area contributed by atoms with Gasteiger partial charge < -0.3 is 5.32 Å². The number of hydrogen-bond acceptors (Lipinski definition) is 3. The molecule has 1 atom stereocenters. The highest BCUT2D eigenvalue weighted by molar-refractivity contribution is 7.92. The van der Waals surface area contributed by atoms with Crippen LogP contribution in [-0.2, 0) is 14.8 Å². The third-order valence-electron chi connectivity index (χ3n) is 3.92. The fourth-order valence-corrected chi connectivity index (χ4v) is 3.97. The molecular weight excluding hydrogens is 331 g/mol. The normalized spacial score (nSPS) is 13.4. The Balaban J connectivity index is 3.17. The average Bonchev–Trinajstić information content (AvgIpc) is 2.44. The molecule has 0 aliphatic rings. The van der Waals surface area contributed by atoms with E-state index >= 15 is 0 Å². The molecule has 1 aromatic rings. The summed E-state index contributed by atoms with van der Waals surface area (Å²) in [7, 11) is -3.83. The molecule has 0 saturated carbocycles. The second-order valence-electron chi connectivity index (χ2n) is 6.71. The molecule has 0 radical (unpaired) electrons. The van der Waals surface area contributed by atoms with E-state index in [4.69, 9.17) is 0 Å². The third kappa shape index (κ3) is 4.93. The summed E-state index contributed by atoms with van der Waals surface area (Å²) in [5, 5.41) is 2.89. The summed E-state index contributed by atoms with van der Waals surface area (Å²) in [6.07, 6.45) is 0.964. The number of benzene rings is 1. The number of carbonyl (C=O) groups excluding carboxylic acids is 1. The molecule has 1 N–H and O–H groups in total. The fourth-order valence-electron chi connectivity index (χ4n) is 2.80. The fraction of sp³-hybridized carbons (Fsp3) is 0.588. The van der Waals surface area contributed by atoms with Crippen LogP contribution in [0.25, 0.3) is 0 Å². The van der Waals surface area contributed by atoms with Gasteiger partial charge in [-0.25, -0.2) is 12.8 Å². The van der Waals surface area contributed by atoms with Crippen molar-refractivity contribution in [3.8, 4) is 0 Å². The van der Waals surface area contributed by atoms with Gasteiger partial charge in [0.1, 0.15) is 11.9 Å². The highest BCUT2D eigenvalue weighted by Crippen LogP contribution is 2.24. The van der Waals surface area contributed by atoms with Crippen LogP contribution in [0, 0.1) is 17.7 Å². The van der Waals surface area contributed by atoms with Gasteiger partial charge in [-0.2, -0.15) is 0 Å². The first kappa shape index (κ1) is 20.4. The van der Waals surface area contributed by atoms with Crippen LogP contribution >= 0.6 is 0 Å². The van der Waals surface area contributed by atoms with E-state index < -0.39 is 27.8 Å². The molecule has 1 aromatic carbocycles. The van der Waals surface area contributed by atoms with Crippen molar-refractivity contribution in [1.82, 2.24) is 5.32 Å². The van der Waals surface area contributed by atoms with E-state index in [-0.39, 0.29) is 23.6 Å². The number of nitrogens with zero attached hydrogens (tertiary/aromatic N) is 1. The molecule has 0 aliphatic carbocycles. The molecule has 0 heterocycles. The topological polar surface area (TPSA) is 66.5 Å². The molecule has 0 aromatic heterocycles. The van der Waals surface area contributed by atoms with Gasteiger partial charge in [0.15, 0.2) is 0 Å². The largest absolute Gasteiger partial charge is 0.351 e. The first-order valence-electron chi connectivity index (χ1n) is 8.01. The summed E-state index contributed by atoms with van der Waals surface area (Å²) in [5.41, 5.74) is -0.131. The second kappa shape index (κ2) is 7.96. The van der Waals surface area contributed by atoms with Crippen molar-refractivity contribution in [2.75, 3.05) is 10.6 Å². The predicted molar refractivity (Wildman–Crippen MR) is 94.8 cm³/mol. The van der Waals surface area contributed by atoms with Gasteiger partial charge in [0.2, 0.25) is 15.9 Å². The van der Waals surface area contributed by atoms with Gasteiger partial charge in [0.05, 0.1) is 11.9 Å².